The van der Waals surface area contributed by atoms with E-state index in [1.165, 1.54) is 4.88 Å². The van der Waals surface area contributed by atoms with Crippen LogP contribution in [-0.2, 0) is 0 Å². The number of hydrogen-bond acceptors (Lipinski definition) is 5. The molecule has 1 aromatic rings. The summed E-state index contributed by atoms with van der Waals surface area (Å²) in [6.07, 6.45) is 0. The van der Waals surface area contributed by atoms with Crippen molar-refractivity contribution in [1.29, 1.82) is 0 Å². The van der Waals surface area contributed by atoms with Gasteiger partial charge in [0.2, 0.25) is 5.88 Å². The Morgan fingerprint density at radius 2 is 2.00 bits per heavy atom. The van der Waals surface area contributed by atoms with E-state index >= 15 is 0 Å². The van der Waals surface area contributed by atoms with Crippen LogP contribution in [0.2, 0.25) is 0 Å². The van der Waals surface area contributed by atoms with Crippen LogP contribution in [0.25, 0.3) is 0 Å². The molecule has 2 atom stereocenters. The molecule has 0 spiro atoms. The number of nitrogens with two attached hydrogens (primary N) is 1. The lowest BCUT2D eigenvalue weighted by atomic mass is 10.1. The van der Waals surface area contributed by atoms with Gasteiger partial charge in [-0.25, -0.2) is 0 Å². The van der Waals surface area contributed by atoms with E-state index in [9.17, 15) is 0 Å². The topological polar surface area (TPSA) is 51.4 Å². The Balaban J connectivity index is 2.34. The Morgan fingerprint density at radius 1 is 1.44 bits per heavy atom. The molecule has 16 heavy (non-hydrogen) atoms. The summed E-state index contributed by atoms with van der Waals surface area (Å²) >= 11 is 1.68. The predicted octanol–water partition coefficient (Wildman–Crippen LogP) is 1.67. The maximum Gasteiger partial charge on any atom is 0.229 e. The predicted molar refractivity (Wildman–Crippen MR) is 67.5 cm³/mol. The van der Waals surface area contributed by atoms with Crippen molar-refractivity contribution in [2.75, 3.05) is 26.1 Å². The fourth-order valence-electron chi connectivity index (χ4n) is 2.02. The summed E-state index contributed by atoms with van der Waals surface area (Å²) in [5.41, 5.74) is 6.27. The third-order valence-corrected chi connectivity index (χ3v) is 4.67. The Bertz CT molecular complexity index is 400. The number of hydrogen-bond donors (Lipinski definition) is 1. The standard InChI is InChI=1S/C11H19N3OS/c1-11(2)6(8(11)12)7-9(15-5)13-10(16-7)14(3)4/h6,8H,12H2,1-5H3/t6-,8-/m0/s1. The summed E-state index contributed by atoms with van der Waals surface area (Å²) in [5.74, 6) is 1.12. The highest BCUT2D eigenvalue weighted by atomic mass is 32.1. The lowest BCUT2D eigenvalue weighted by Crippen LogP contribution is -2.07. The molecule has 1 aliphatic carbocycles. The fourth-order valence-corrected chi connectivity index (χ4v) is 3.32. The van der Waals surface area contributed by atoms with Gasteiger partial charge < -0.3 is 15.4 Å². The molecule has 5 heteroatoms. The van der Waals surface area contributed by atoms with Crippen molar-refractivity contribution in [3.05, 3.63) is 4.88 Å². The molecule has 4 nitrogen and oxygen atoms in total. The summed E-state index contributed by atoms with van der Waals surface area (Å²) in [6, 6.07) is 0.219. The van der Waals surface area contributed by atoms with Gasteiger partial charge in [-0.3, -0.25) is 0 Å². The minimum Gasteiger partial charge on any atom is -0.480 e. The Morgan fingerprint density at radius 3 is 2.38 bits per heavy atom. The molecule has 0 bridgehead atoms. The zero-order chi connectivity index (χ0) is 12.1. The third-order valence-electron chi connectivity index (χ3n) is 3.38. The Labute approximate surface area is 100 Å². The van der Waals surface area contributed by atoms with Crippen LogP contribution < -0.4 is 15.4 Å². The zero-order valence-electron chi connectivity index (χ0n) is 10.4. The number of nitrogens with zero attached hydrogens (tertiary/aromatic N) is 2. The average molecular weight is 241 g/mol. The molecule has 1 aliphatic rings. The van der Waals surface area contributed by atoms with E-state index in [0.717, 1.165) is 11.0 Å². The van der Waals surface area contributed by atoms with Gasteiger partial charge in [-0.1, -0.05) is 25.2 Å². The van der Waals surface area contributed by atoms with E-state index in [-0.39, 0.29) is 11.5 Å². The molecule has 1 fully saturated rings. The smallest absolute Gasteiger partial charge is 0.229 e. The van der Waals surface area contributed by atoms with Crippen LogP contribution in [0.15, 0.2) is 0 Å². The van der Waals surface area contributed by atoms with E-state index in [4.69, 9.17) is 10.5 Å². The lowest BCUT2D eigenvalue weighted by Gasteiger charge is -2.04. The third kappa shape index (κ3) is 1.58. The lowest BCUT2D eigenvalue weighted by molar-refractivity contribution is 0.395. The van der Waals surface area contributed by atoms with Crippen LogP contribution in [0.4, 0.5) is 5.13 Å². The van der Waals surface area contributed by atoms with Crippen molar-refractivity contribution in [3.8, 4) is 5.88 Å². The van der Waals surface area contributed by atoms with Crippen LogP contribution >= 0.6 is 11.3 Å². The van der Waals surface area contributed by atoms with E-state index in [2.05, 4.69) is 18.8 Å². The van der Waals surface area contributed by atoms with Gasteiger partial charge in [-0.2, -0.15) is 4.98 Å². The average Bonchev–Trinajstić information content (AvgIpc) is 2.63. The molecule has 0 saturated heterocycles. The zero-order valence-corrected chi connectivity index (χ0v) is 11.3. The van der Waals surface area contributed by atoms with Crippen LogP contribution in [0, 0.1) is 5.41 Å². The largest absolute Gasteiger partial charge is 0.480 e. The number of rotatable bonds is 3. The highest BCUT2D eigenvalue weighted by molar-refractivity contribution is 7.16. The van der Waals surface area contributed by atoms with Gasteiger partial charge in [0.25, 0.3) is 0 Å². The van der Waals surface area contributed by atoms with Gasteiger partial charge in [-0.05, 0) is 5.41 Å². The van der Waals surface area contributed by atoms with Gasteiger partial charge in [0.05, 0.1) is 12.0 Å². The molecular formula is C11H19N3OS. The van der Waals surface area contributed by atoms with Crippen LogP contribution in [0.1, 0.15) is 24.6 Å². The van der Waals surface area contributed by atoms with Crippen LogP contribution in [0.3, 0.4) is 0 Å². The maximum absolute atomic E-state index is 6.09. The first-order valence-corrected chi connectivity index (χ1v) is 6.19. The SMILES string of the molecule is COc1nc(N(C)C)sc1[C@H]1[C@H](N)C1(C)C. The molecule has 0 unspecified atom stereocenters. The summed E-state index contributed by atoms with van der Waals surface area (Å²) in [6.45, 7) is 4.38. The molecular weight excluding hydrogens is 222 g/mol. The molecule has 1 saturated carbocycles. The van der Waals surface area contributed by atoms with Gasteiger partial charge in [0.1, 0.15) is 0 Å². The van der Waals surface area contributed by atoms with Crippen molar-refractivity contribution in [1.82, 2.24) is 4.98 Å². The second-order valence-corrected chi connectivity index (χ2v) is 6.10. The number of thiazole rings is 1. The first kappa shape index (κ1) is 11.7. The molecule has 1 aromatic heterocycles. The molecule has 0 aromatic carbocycles. The van der Waals surface area contributed by atoms with E-state index < -0.39 is 0 Å². The second kappa shape index (κ2) is 3.60. The van der Waals surface area contributed by atoms with Gasteiger partial charge in [0.15, 0.2) is 5.13 Å². The van der Waals surface area contributed by atoms with Gasteiger partial charge >= 0.3 is 0 Å². The number of ether oxygens (including phenoxy) is 1. The summed E-state index contributed by atoms with van der Waals surface area (Å²) in [5, 5.41) is 0.974. The second-order valence-electron chi connectivity index (χ2n) is 5.09. The normalized spacial score (nSPS) is 26.6. The van der Waals surface area contributed by atoms with Crippen molar-refractivity contribution in [2.24, 2.45) is 11.1 Å². The van der Waals surface area contributed by atoms with Crippen molar-refractivity contribution in [3.63, 3.8) is 0 Å². The Hall–Kier alpha value is -0.810. The molecule has 2 rings (SSSR count). The molecule has 0 amide bonds. The minimum absolute atomic E-state index is 0.170. The van der Waals surface area contributed by atoms with Gasteiger partial charge in [-0.15, -0.1) is 0 Å². The molecule has 90 valence electrons. The molecule has 0 aliphatic heterocycles. The quantitative estimate of drug-likeness (QED) is 0.874. The molecule has 2 N–H and O–H groups in total. The first-order valence-electron chi connectivity index (χ1n) is 5.37. The van der Waals surface area contributed by atoms with Crippen molar-refractivity contribution >= 4 is 16.5 Å². The minimum atomic E-state index is 0.170. The van der Waals surface area contributed by atoms with Crippen LogP contribution in [0.5, 0.6) is 5.88 Å². The summed E-state index contributed by atoms with van der Waals surface area (Å²) in [7, 11) is 5.64. The van der Waals surface area contributed by atoms with Crippen LogP contribution in [-0.4, -0.2) is 32.2 Å². The Kier molecular flexibility index (Phi) is 2.62. The highest BCUT2D eigenvalue weighted by Crippen LogP contribution is 2.60. The highest BCUT2D eigenvalue weighted by Gasteiger charge is 2.58. The van der Waals surface area contributed by atoms with Gasteiger partial charge in [0, 0.05) is 26.1 Å². The van der Waals surface area contributed by atoms with E-state index in [1.54, 1.807) is 18.4 Å². The van der Waals surface area contributed by atoms with E-state index in [1.807, 2.05) is 19.0 Å². The fraction of sp³-hybridized carbons (Fsp3) is 0.727. The summed E-state index contributed by atoms with van der Waals surface area (Å²) in [4.78, 5) is 7.64. The number of anilines is 1. The first-order chi connectivity index (χ1) is 7.39. The number of methoxy groups -OCH3 is 1. The van der Waals surface area contributed by atoms with Crippen molar-refractivity contribution < 1.29 is 4.74 Å². The number of aromatic nitrogens is 1. The maximum atomic E-state index is 6.09. The molecule has 0 radical (unpaired) electrons. The van der Waals surface area contributed by atoms with E-state index in [0.29, 0.717) is 5.92 Å². The molecule has 1 heterocycles. The monoisotopic (exact) mass is 241 g/mol. The van der Waals surface area contributed by atoms with Crippen molar-refractivity contribution in [2.45, 2.75) is 25.8 Å². The summed E-state index contributed by atoms with van der Waals surface area (Å²) < 4.78 is 5.34.